The SMILES string of the molecule is N[C@@H](Cc1ccccc1)C(=O)NNCC(=O)N1c2ccccc2Sc2ccccc21. The highest BCUT2D eigenvalue weighted by molar-refractivity contribution is 7.99. The lowest BCUT2D eigenvalue weighted by Gasteiger charge is -2.31. The van der Waals surface area contributed by atoms with Gasteiger partial charge in [0.25, 0.3) is 5.91 Å². The second-order valence-electron chi connectivity index (χ2n) is 6.91. The van der Waals surface area contributed by atoms with Gasteiger partial charge >= 0.3 is 0 Å². The Bertz CT molecular complexity index is 1010. The molecule has 0 radical (unpaired) electrons. The lowest BCUT2D eigenvalue weighted by atomic mass is 10.1. The van der Waals surface area contributed by atoms with Crippen LogP contribution in [-0.4, -0.2) is 24.4 Å². The van der Waals surface area contributed by atoms with E-state index >= 15 is 0 Å². The fourth-order valence-corrected chi connectivity index (χ4v) is 4.37. The van der Waals surface area contributed by atoms with Crippen LogP contribution in [0.1, 0.15) is 5.56 Å². The number of nitrogens with two attached hydrogens (primary N) is 1. The van der Waals surface area contributed by atoms with Crippen molar-refractivity contribution in [3.8, 4) is 0 Å². The first-order valence-electron chi connectivity index (χ1n) is 9.64. The molecule has 0 aromatic heterocycles. The fraction of sp³-hybridized carbons (Fsp3) is 0.130. The Morgan fingerprint density at radius 1 is 0.867 bits per heavy atom. The number of amides is 2. The van der Waals surface area contributed by atoms with Crippen LogP contribution in [0.3, 0.4) is 0 Å². The van der Waals surface area contributed by atoms with E-state index in [4.69, 9.17) is 5.73 Å². The number of fused-ring (bicyclic) bond motifs is 2. The molecule has 1 atom stereocenters. The van der Waals surface area contributed by atoms with Crippen LogP contribution in [0.2, 0.25) is 0 Å². The zero-order chi connectivity index (χ0) is 20.9. The summed E-state index contributed by atoms with van der Waals surface area (Å²) in [5, 5.41) is 0. The maximum atomic E-state index is 13.0. The first kappa shape index (κ1) is 20.2. The summed E-state index contributed by atoms with van der Waals surface area (Å²) >= 11 is 1.64. The van der Waals surface area contributed by atoms with Gasteiger partial charge in [-0.25, -0.2) is 5.43 Å². The number of anilines is 2. The van der Waals surface area contributed by atoms with Gasteiger partial charge in [0, 0.05) is 9.79 Å². The third-order valence-electron chi connectivity index (χ3n) is 4.77. The molecule has 6 nitrogen and oxygen atoms in total. The molecule has 0 unspecified atom stereocenters. The van der Waals surface area contributed by atoms with E-state index < -0.39 is 6.04 Å². The van der Waals surface area contributed by atoms with E-state index in [9.17, 15) is 9.59 Å². The molecule has 2 amide bonds. The summed E-state index contributed by atoms with van der Waals surface area (Å²) in [6.07, 6.45) is 0.423. The molecule has 0 saturated carbocycles. The van der Waals surface area contributed by atoms with E-state index in [-0.39, 0.29) is 18.4 Å². The number of rotatable bonds is 6. The minimum Gasteiger partial charge on any atom is -0.320 e. The van der Waals surface area contributed by atoms with Crippen molar-refractivity contribution < 1.29 is 9.59 Å². The summed E-state index contributed by atoms with van der Waals surface area (Å²) in [5.41, 5.74) is 13.9. The Balaban J connectivity index is 1.39. The van der Waals surface area contributed by atoms with Gasteiger partial charge in [-0.3, -0.25) is 19.9 Å². The number of para-hydroxylation sites is 2. The molecule has 30 heavy (non-hydrogen) atoms. The number of nitrogens with zero attached hydrogens (tertiary/aromatic N) is 1. The molecule has 3 aromatic carbocycles. The molecule has 4 rings (SSSR count). The molecule has 1 aliphatic heterocycles. The minimum absolute atomic E-state index is 0.0584. The molecule has 0 spiro atoms. The first-order chi connectivity index (χ1) is 14.6. The zero-order valence-corrected chi connectivity index (χ0v) is 17.1. The third kappa shape index (κ3) is 4.38. The molecule has 1 aliphatic rings. The van der Waals surface area contributed by atoms with Gasteiger partial charge in [-0.15, -0.1) is 0 Å². The van der Waals surface area contributed by atoms with Gasteiger partial charge in [0.2, 0.25) is 5.91 Å². The number of benzene rings is 3. The number of carbonyl (C=O) groups excluding carboxylic acids is 2. The molecule has 4 N–H and O–H groups in total. The lowest BCUT2D eigenvalue weighted by molar-refractivity contribution is -0.123. The third-order valence-corrected chi connectivity index (χ3v) is 5.90. The topological polar surface area (TPSA) is 87.5 Å². The van der Waals surface area contributed by atoms with E-state index in [1.165, 1.54) is 0 Å². The van der Waals surface area contributed by atoms with Crippen LogP contribution in [-0.2, 0) is 16.0 Å². The highest BCUT2D eigenvalue weighted by atomic mass is 32.2. The van der Waals surface area contributed by atoms with Crippen molar-refractivity contribution >= 4 is 35.0 Å². The number of hydrogen-bond acceptors (Lipinski definition) is 5. The standard InChI is InChI=1S/C23H22N4O2S/c24-17(14-16-8-2-1-3-9-16)23(29)26-25-15-22(28)27-18-10-4-6-12-20(18)30-21-13-7-5-11-19(21)27/h1-13,17,25H,14-15,24H2,(H,26,29)/t17-/m0/s1. The second kappa shape index (κ2) is 9.13. The van der Waals surface area contributed by atoms with E-state index in [0.29, 0.717) is 6.42 Å². The van der Waals surface area contributed by atoms with Gasteiger partial charge in [0.05, 0.1) is 24.0 Å². The smallest absolute Gasteiger partial charge is 0.251 e. The number of carbonyl (C=O) groups is 2. The quantitative estimate of drug-likeness (QED) is 0.536. The van der Waals surface area contributed by atoms with Crippen LogP contribution in [0.4, 0.5) is 11.4 Å². The van der Waals surface area contributed by atoms with Crippen molar-refractivity contribution in [2.75, 3.05) is 11.4 Å². The van der Waals surface area contributed by atoms with Crippen molar-refractivity contribution in [1.29, 1.82) is 0 Å². The zero-order valence-electron chi connectivity index (χ0n) is 16.2. The lowest BCUT2D eigenvalue weighted by Crippen LogP contribution is -2.50. The van der Waals surface area contributed by atoms with Crippen LogP contribution in [0.25, 0.3) is 0 Å². The Morgan fingerprint density at radius 2 is 1.43 bits per heavy atom. The molecular weight excluding hydrogens is 396 g/mol. The summed E-state index contributed by atoms with van der Waals surface area (Å²) < 4.78 is 0. The second-order valence-corrected chi connectivity index (χ2v) is 7.99. The summed E-state index contributed by atoms with van der Waals surface area (Å²) in [5.74, 6) is -0.534. The molecular formula is C23H22N4O2S. The largest absolute Gasteiger partial charge is 0.320 e. The molecule has 1 heterocycles. The molecule has 0 saturated heterocycles. The molecule has 0 fully saturated rings. The Kier molecular flexibility index (Phi) is 6.13. The summed E-state index contributed by atoms with van der Waals surface area (Å²) in [7, 11) is 0. The first-order valence-corrected chi connectivity index (χ1v) is 10.5. The van der Waals surface area contributed by atoms with Crippen molar-refractivity contribution in [2.24, 2.45) is 5.73 Å². The van der Waals surface area contributed by atoms with Gasteiger partial charge in [0.1, 0.15) is 0 Å². The highest BCUT2D eigenvalue weighted by Crippen LogP contribution is 2.47. The Hall–Kier alpha value is -3.13. The van der Waals surface area contributed by atoms with Crippen LogP contribution in [0, 0.1) is 0 Å². The van der Waals surface area contributed by atoms with Gasteiger partial charge in [-0.2, -0.15) is 0 Å². The predicted molar refractivity (Wildman–Crippen MR) is 118 cm³/mol. The number of nitrogens with one attached hydrogen (secondary N) is 2. The van der Waals surface area contributed by atoms with Gasteiger partial charge in [-0.1, -0.05) is 66.4 Å². The summed E-state index contributed by atoms with van der Waals surface area (Å²) in [4.78, 5) is 29.0. The Morgan fingerprint density at radius 3 is 2.07 bits per heavy atom. The van der Waals surface area contributed by atoms with E-state index in [0.717, 1.165) is 26.7 Å². The van der Waals surface area contributed by atoms with Gasteiger partial charge < -0.3 is 5.73 Å². The predicted octanol–water partition coefficient (Wildman–Crippen LogP) is 3.01. The monoisotopic (exact) mass is 418 g/mol. The van der Waals surface area contributed by atoms with Crippen molar-refractivity contribution in [3.05, 3.63) is 84.4 Å². The van der Waals surface area contributed by atoms with E-state index in [1.807, 2.05) is 78.9 Å². The Labute approximate surface area is 179 Å². The molecule has 0 bridgehead atoms. The highest BCUT2D eigenvalue weighted by Gasteiger charge is 2.27. The van der Waals surface area contributed by atoms with Crippen molar-refractivity contribution in [1.82, 2.24) is 10.9 Å². The van der Waals surface area contributed by atoms with Crippen LogP contribution >= 0.6 is 11.8 Å². The average Bonchev–Trinajstić information content (AvgIpc) is 2.77. The number of hydrazine groups is 1. The normalized spacial score (nSPS) is 13.2. The molecule has 0 aliphatic carbocycles. The van der Waals surface area contributed by atoms with Crippen LogP contribution in [0.15, 0.2) is 88.7 Å². The van der Waals surface area contributed by atoms with Crippen molar-refractivity contribution in [2.45, 2.75) is 22.3 Å². The maximum Gasteiger partial charge on any atom is 0.251 e. The minimum atomic E-state index is -0.706. The maximum absolute atomic E-state index is 13.0. The summed E-state index contributed by atoms with van der Waals surface area (Å²) in [6, 6.07) is 24.4. The van der Waals surface area contributed by atoms with E-state index in [1.54, 1.807) is 16.7 Å². The molecule has 152 valence electrons. The average molecular weight is 419 g/mol. The van der Waals surface area contributed by atoms with E-state index in [2.05, 4.69) is 10.9 Å². The summed E-state index contributed by atoms with van der Waals surface area (Å²) in [6.45, 7) is -0.0584. The molecule has 3 aromatic rings. The van der Waals surface area contributed by atoms with Gasteiger partial charge in [-0.05, 0) is 36.2 Å². The van der Waals surface area contributed by atoms with Gasteiger partial charge in [0.15, 0.2) is 0 Å². The fourth-order valence-electron chi connectivity index (χ4n) is 3.31. The van der Waals surface area contributed by atoms with Crippen LogP contribution < -0.4 is 21.5 Å². The van der Waals surface area contributed by atoms with Crippen LogP contribution in [0.5, 0.6) is 0 Å². The van der Waals surface area contributed by atoms with Crippen molar-refractivity contribution in [3.63, 3.8) is 0 Å². The molecule has 7 heteroatoms. The number of hydrogen-bond donors (Lipinski definition) is 3.